The van der Waals surface area contributed by atoms with E-state index in [9.17, 15) is 8.42 Å². The maximum atomic E-state index is 12.9. The van der Waals surface area contributed by atoms with E-state index in [1.54, 1.807) is 24.3 Å². The Labute approximate surface area is 151 Å². The molecule has 0 saturated heterocycles. The Morgan fingerprint density at radius 3 is 2.46 bits per heavy atom. The number of anilines is 1. The number of methoxy groups -OCH3 is 1. The molecule has 2 aromatic carbocycles. The summed E-state index contributed by atoms with van der Waals surface area (Å²) in [6, 6.07) is 9.61. The molecule has 0 amide bonds. The van der Waals surface area contributed by atoms with Crippen molar-refractivity contribution in [3.63, 3.8) is 0 Å². The first-order valence-corrected chi connectivity index (χ1v) is 9.26. The Bertz CT molecular complexity index is 840. The summed E-state index contributed by atoms with van der Waals surface area (Å²) in [5, 5.41) is -0.0273. The van der Waals surface area contributed by atoms with Crippen LogP contribution in [-0.4, -0.2) is 29.2 Å². The third-order valence-electron chi connectivity index (χ3n) is 3.36. The molecule has 2 aromatic rings. The first kappa shape index (κ1) is 18.7. The van der Waals surface area contributed by atoms with E-state index in [1.807, 2.05) is 6.92 Å². The second kappa shape index (κ2) is 7.51. The molecule has 0 aromatic heterocycles. The summed E-state index contributed by atoms with van der Waals surface area (Å²) >= 11 is 12.2. The Morgan fingerprint density at radius 1 is 1.12 bits per heavy atom. The van der Waals surface area contributed by atoms with E-state index in [2.05, 4.69) is 0 Å². The number of sulfonamides is 1. The Hall–Kier alpha value is -1.63. The molecular formula is C16H17Cl2NO4S. The van der Waals surface area contributed by atoms with Crippen LogP contribution in [0.3, 0.4) is 0 Å². The third kappa shape index (κ3) is 3.55. The normalized spacial score (nSPS) is 11.2. The quantitative estimate of drug-likeness (QED) is 0.741. The molecule has 0 heterocycles. The summed E-state index contributed by atoms with van der Waals surface area (Å²) in [5.41, 5.74) is 0.448. The van der Waals surface area contributed by atoms with Crippen molar-refractivity contribution in [1.29, 1.82) is 0 Å². The molecular weight excluding hydrogens is 373 g/mol. The largest absolute Gasteiger partial charge is 0.495 e. The Balaban J connectivity index is 2.47. The van der Waals surface area contributed by atoms with E-state index in [0.29, 0.717) is 23.8 Å². The van der Waals surface area contributed by atoms with Crippen LogP contribution in [0.2, 0.25) is 10.0 Å². The summed E-state index contributed by atoms with van der Waals surface area (Å²) in [7, 11) is -1.03. The van der Waals surface area contributed by atoms with Gasteiger partial charge in [0.1, 0.15) is 21.4 Å². The minimum absolute atomic E-state index is 0.0525. The zero-order chi connectivity index (χ0) is 17.9. The first-order chi connectivity index (χ1) is 11.3. The fraction of sp³-hybridized carbons (Fsp3) is 0.250. The van der Waals surface area contributed by atoms with Crippen LogP contribution in [0.1, 0.15) is 6.92 Å². The van der Waals surface area contributed by atoms with Crippen molar-refractivity contribution in [2.45, 2.75) is 11.8 Å². The first-order valence-electron chi connectivity index (χ1n) is 7.06. The number of rotatable bonds is 6. The topological polar surface area (TPSA) is 55.8 Å². The standard InChI is InChI=1S/C16H17Cl2NO4S/c1-4-23-12-7-5-6-11(10-12)19(2)24(20,21)14-9-8-13(22-3)15(17)16(14)18/h5-10H,4H2,1-3H3. The Morgan fingerprint density at radius 2 is 1.83 bits per heavy atom. The van der Waals surface area contributed by atoms with Gasteiger partial charge in [-0.05, 0) is 31.2 Å². The van der Waals surface area contributed by atoms with Crippen molar-refractivity contribution < 1.29 is 17.9 Å². The summed E-state index contributed by atoms with van der Waals surface area (Å²) in [4.78, 5) is -0.0979. The Kier molecular flexibility index (Phi) is 5.85. The highest BCUT2D eigenvalue weighted by molar-refractivity contribution is 7.93. The molecule has 24 heavy (non-hydrogen) atoms. The second-order valence-electron chi connectivity index (χ2n) is 4.80. The van der Waals surface area contributed by atoms with Crippen LogP contribution < -0.4 is 13.8 Å². The molecule has 0 saturated carbocycles. The highest BCUT2D eigenvalue weighted by atomic mass is 35.5. The minimum atomic E-state index is -3.90. The molecule has 8 heteroatoms. The lowest BCUT2D eigenvalue weighted by molar-refractivity contribution is 0.340. The molecule has 0 aliphatic carbocycles. The van der Waals surface area contributed by atoms with Crippen molar-refractivity contribution in [1.82, 2.24) is 0 Å². The maximum Gasteiger partial charge on any atom is 0.265 e. The lowest BCUT2D eigenvalue weighted by Crippen LogP contribution is -2.26. The van der Waals surface area contributed by atoms with Crippen molar-refractivity contribution in [2.24, 2.45) is 0 Å². The molecule has 0 aliphatic heterocycles. The maximum absolute atomic E-state index is 12.9. The SMILES string of the molecule is CCOc1cccc(N(C)S(=O)(=O)c2ccc(OC)c(Cl)c2Cl)c1. The van der Waals surface area contributed by atoms with Gasteiger partial charge in [-0.3, -0.25) is 4.31 Å². The molecule has 2 rings (SSSR count). The fourth-order valence-corrected chi connectivity index (χ4v) is 4.09. The van der Waals surface area contributed by atoms with Crippen molar-refractivity contribution in [2.75, 3.05) is 25.1 Å². The van der Waals surface area contributed by atoms with Gasteiger partial charge in [0, 0.05) is 13.1 Å². The molecule has 5 nitrogen and oxygen atoms in total. The summed E-state index contributed by atoms with van der Waals surface area (Å²) < 4.78 is 37.3. The van der Waals surface area contributed by atoms with Gasteiger partial charge in [-0.1, -0.05) is 29.3 Å². The fourth-order valence-electron chi connectivity index (χ4n) is 2.09. The average molecular weight is 390 g/mol. The molecule has 0 radical (unpaired) electrons. The molecule has 0 atom stereocenters. The monoisotopic (exact) mass is 389 g/mol. The van der Waals surface area contributed by atoms with Crippen molar-refractivity contribution in [3.8, 4) is 11.5 Å². The van der Waals surface area contributed by atoms with Crippen molar-refractivity contribution >= 4 is 38.9 Å². The number of halogens is 2. The lowest BCUT2D eigenvalue weighted by atomic mass is 10.3. The van der Waals surface area contributed by atoms with Gasteiger partial charge < -0.3 is 9.47 Å². The van der Waals surface area contributed by atoms with Gasteiger partial charge in [0.05, 0.1) is 24.4 Å². The van der Waals surface area contributed by atoms with E-state index in [1.165, 1.54) is 26.3 Å². The predicted octanol–water partition coefficient (Wildman–Crippen LogP) is 4.23. The molecule has 0 unspecified atom stereocenters. The summed E-state index contributed by atoms with van der Waals surface area (Å²) in [6.07, 6.45) is 0. The van der Waals surface area contributed by atoms with Gasteiger partial charge in [0.15, 0.2) is 0 Å². The number of benzene rings is 2. The van der Waals surface area contributed by atoms with Crippen molar-refractivity contribution in [3.05, 3.63) is 46.4 Å². The van der Waals surface area contributed by atoms with Crippen LogP contribution in [0.25, 0.3) is 0 Å². The minimum Gasteiger partial charge on any atom is -0.495 e. The third-order valence-corrected chi connectivity index (χ3v) is 6.17. The van der Waals surface area contributed by atoms with E-state index >= 15 is 0 Å². The number of hydrogen-bond acceptors (Lipinski definition) is 4. The van der Waals surface area contributed by atoms with E-state index < -0.39 is 10.0 Å². The van der Waals surface area contributed by atoms with Crippen LogP contribution in [0.5, 0.6) is 11.5 Å². The van der Waals surface area contributed by atoms with Gasteiger partial charge in [-0.15, -0.1) is 0 Å². The molecule has 0 spiro atoms. The van der Waals surface area contributed by atoms with Gasteiger partial charge in [0.2, 0.25) is 0 Å². The molecule has 0 aliphatic rings. The van der Waals surface area contributed by atoms with E-state index in [0.717, 1.165) is 4.31 Å². The van der Waals surface area contributed by atoms with Crippen LogP contribution >= 0.6 is 23.2 Å². The van der Waals surface area contributed by atoms with E-state index in [4.69, 9.17) is 32.7 Å². The smallest absolute Gasteiger partial charge is 0.265 e. The van der Waals surface area contributed by atoms with Gasteiger partial charge in [-0.2, -0.15) is 0 Å². The second-order valence-corrected chi connectivity index (χ2v) is 7.49. The number of ether oxygens (including phenoxy) is 2. The predicted molar refractivity (Wildman–Crippen MR) is 96.2 cm³/mol. The zero-order valence-corrected chi connectivity index (χ0v) is 15.7. The van der Waals surface area contributed by atoms with Gasteiger partial charge in [0.25, 0.3) is 10.0 Å². The van der Waals surface area contributed by atoms with Crippen LogP contribution in [-0.2, 0) is 10.0 Å². The highest BCUT2D eigenvalue weighted by Crippen LogP contribution is 2.38. The van der Waals surface area contributed by atoms with Gasteiger partial charge in [-0.25, -0.2) is 8.42 Å². The molecule has 0 fully saturated rings. The lowest BCUT2D eigenvalue weighted by Gasteiger charge is -2.21. The number of nitrogens with zero attached hydrogens (tertiary/aromatic N) is 1. The van der Waals surface area contributed by atoms with Crippen LogP contribution in [0.4, 0.5) is 5.69 Å². The molecule has 0 N–H and O–H groups in total. The summed E-state index contributed by atoms with van der Waals surface area (Å²) in [6.45, 7) is 2.34. The van der Waals surface area contributed by atoms with Gasteiger partial charge >= 0.3 is 0 Å². The highest BCUT2D eigenvalue weighted by Gasteiger charge is 2.26. The number of hydrogen-bond donors (Lipinski definition) is 0. The zero-order valence-electron chi connectivity index (χ0n) is 13.4. The summed E-state index contributed by atoms with van der Waals surface area (Å²) in [5.74, 6) is 0.887. The van der Waals surface area contributed by atoms with Crippen LogP contribution in [0.15, 0.2) is 41.3 Å². The van der Waals surface area contributed by atoms with Crippen LogP contribution in [0, 0.1) is 0 Å². The average Bonchev–Trinajstić information content (AvgIpc) is 2.57. The van der Waals surface area contributed by atoms with E-state index in [-0.39, 0.29) is 14.9 Å². The molecule has 130 valence electrons. The molecule has 0 bridgehead atoms.